The van der Waals surface area contributed by atoms with E-state index in [2.05, 4.69) is 47.4 Å². The van der Waals surface area contributed by atoms with Crippen molar-refractivity contribution in [2.75, 3.05) is 13.1 Å². The van der Waals surface area contributed by atoms with Crippen LogP contribution < -0.4 is 0 Å². The molecule has 6 nitrogen and oxygen atoms in total. The maximum absolute atomic E-state index is 9.55. The van der Waals surface area contributed by atoms with Gasteiger partial charge in [0.2, 0.25) is 0 Å². The molecule has 2 heterocycles. The molecular formula is C21H24N2O4. The van der Waals surface area contributed by atoms with Gasteiger partial charge in [-0.05, 0) is 48.1 Å². The van der Waals surface area contributed by atoms with Crippen LogP contribution in [0.15, 0.2) is 42.7 Å². The van der Waals surface area contributed by atoms with Gasteiger partial charge in [0.15, 0.2) is 0 Å². The lowest BCUT2D eigenvalue weighted by Gasteiger charge is -2.41. The fraction of sp³-hybridized carbons (Fsp3) is 0.333. The molecule has 1 atom stereocenters. The Morgan fingerprint density at radius 3 is 2.56 bits per heavy atom. The maximum Gasteiger partial charge on any atom is 0.328 e. The first-order valence-corrected chi connectivity index (χ1v) is 9.17. The lowest BCUT2D eigenvalue weighted by Crippen LogP contribution is -2.38. The van der Waals surface area contributed by atoms with Crippen molar-refractivity contribution < 1.29 is 19.8 Å². The van der Waals surface area contributed by atoms with E-state index < -0.39 is 11.9 Å². The summed E-state index contributed by atoms with van der Waals surface area (Å²) in [5, 5.41) is 15.6. The summed E-state index contributed by atoms with van der Waals surface area (Å²) >= 11 is 0. The van der Waals surface area contributed by atoms with Crippen LogP contribution in [-0.4, -0.2) is 45.1 Å². The quantitative estimate of drug-likeness (QED) is 0.720. The highest BCUT2D eigenvalue weighted by molar-refractivity contribution is 5.89. The molecule has 1 aromatic heterocycles. The molecular weight excluding hydrogens is 344 g/mol. The third kappa shape index (κ3) is 4.11. The smallest absolute Gasteiger partial charge is 0.328 e. The number of aromatic amines is 1. The summed E-state index contributed by atoms with van der Waals surface area (Å²) in [7, 11) is 0. The number of hydrogen-bond acceptors (Lipinski definition) is 3. The van der Waals surface area contributed by atoms with Crippen molar-refractivity contribution in [3.63, 3.8) is 0 Å². The average molecular weight is 368 g/mol. The molecule has 3 N–H and O–H groups in total. The van der Waals surface area contributed by atoms with Gasteiger partial charge in [0.25, 0.3) is 0 Å². The zero-order valence-electron chi connectivity index (χ0n) is 15.3. The Morgan fingerprint density at radius 1 is 1.15 bits per heavy atom. The number of H-pyrrole nitrogens is 1. The van der Waals surface area contributed by atoms with Crippen molar-refractivity contribution in [3.05, 3.63) is 59.4 Å². The van der Waals surface area contributed by atoms with E-state index in [-0.39, 0.29) is 0 Å². The largest absolute Gasteiger partial charge is 0.478 e. The van der Waals surface area contributed by atoms with Crippen molar-refractivity contribution in [2.24, 2.45) is 0 Å². The van der Waals surface area contributed by atoms with Gasteiger partial charge in [-0.3, -0.25) is 4.90 Å². The van der Waals surface area contributed by atoms with Crippen LogP contribution in [0.25, 0.3) is 11.1 Å². The molecule has 2 aliphatic rings. The number of carboxylic acid groups (broad SMARTS) is 2. The summed E-state index contributed by atoms with van der Waals surface area (Å²) in [6.07, 6.45) is 9.09. The summed E-state index contributed by atoms with van der Waals surface area (Å²) in [4.78, 5) is 25.1. The number of nitrogens with one attached hydrogen (secondary N) is 1. The Hall–Kier alpha value is -2.86. The first kappa shape index (κ1) is 18.9. The highest BCUT2D eigenvalue weighted by atomic mass is 16.4. The molecule has 0 saturated carbocycles. The standard InChI is InChI=1S/C17H20N2.C4H4O4/c1-2-7-19-8-6-12-4-3-5-14-15-11-18-10-13(15)9-16(19)17(12)14;5-3(6)1-2-4(7)8/h3-5,10-11,16,18H,2,6-9H2,1H3;1-2H,(H,5,6)(H,7,8)/b;2-1-. The first-order valence-electron chi connectivity index (χ1n) is 9.17. The Labute approximate surface area is 158 Å². The van der Waals surface area contributed by atoms with Crippen molar-refractivity contribution in [1.29, 1.82) is 0 Å². The molecule has 1 unspecified atom stereocenters. The number of hydrogen-bond donors (Lipinski definition) is 3. The minimum Gasteiger partial charge on any atom is -0.478 e. The number of aromatic nitrogens is 1. The molecule has 1 aromatic carbocycles. The Morgan fingerprint density at radius 2 is 1.89 bits per heavy atom. The summed E-state index contributed by atoms with van der Waals surface area (Å²) < 4.78 is 0. The normalized spacial score (nSPS) is 17.6. The topological polar surface area (TPSA) is 93.6 Å². The van der Waals surface area contributed by atoms with Crippen molar-refractivity contribution >= 4 is 11.9 Å². The Bertz CT molecular complexity index is 853. The van der Waals surface area contributed by atoms with Crippen LogP contribution in [0, 0.1) is 0 Å². The minimum absolute atomic E-state index is 0.558. The van der Waals surface area contributed by atoms with Gasteiger partial charge in [0.1, 0.15) is 0 Å². The predicted octanol–water partition coefficient (Wildman–Crippen LogP) is 3.26. The number of carbonyl (C=O) groups is 2. The van der Waals surface area contributed by atoms with Gasteiger partial charge in [0, 0.05) is 42.7 Å². The fourth-order valence-corrected chi connectivity index (χ4v) is 4.01. The van der Waals surface area contributed by atoms with Crippen LogP contribution in [0.5, 0.6) is 0 Å². The molecule has 142 valence electrons. The van der Waals surface area contributed by atoms with E-state index >= 15 is 0 Å². The predicted molar refractivity (Wildman–Crippen MR) is 103 cm³/mol. The van der Waals surface area contributed by atoms with Crippen LogP contribution in [0.2, 0.25) is 0 Å². The first-order chi connectivity index (χ1) is 13.0. The van der Waals surface area contributed by atoms with E-state index in [1.165, 1.54) is 49.0 Å². The monoisotopic (exact) mass is 368 g/mol. The highest BCUT2D eigenvalue weighted by Crippen LogP contribution is 2.44. The zero-order chi connectivity index (χ0) is 19.4. The molecule has 6 heteroatoms. The third-order valence-corrected chi connectivity index (χ3v) is 5.05. The van der Waals surface area contributed by atoms with E-state index in [4.69, 9.17) is 10.2 Å². The zero-order valence-corrected chi connectivity index (χ0v) is 15.3. The molecule has 2 aromatic rings. The molecule has 1 aliphatic heterocycles. The van der Waals surface area contributed by atoms with Crippen molar-refractivity contribution in [3.8, 4) is 11.1 Å². The van der Waals surface area contributed by atoms with E-state index in [0.29, 0.717) is 18.2 Å². The molecule has 0 saturated heterocycles. The van der Waals surface area contributed by atoms with E-state index in [0.717, 1.165) is 0 Å². The number of fused-ring (bicyclic) bond motifs is 2. The summed E-state index contributed by atoms with van der Waals surface area (Å²) in [5.74, 6) is -2.51. The molecule has 27 heavy (non-hydrogen) atoms. The third-order valence-electron chi connectivity index (χ3n) is 5.05. The number of nitrogens with zero attached hydrogens (tertiary/aromatic N) is 1. The fourth-order valence-electron chi connectivity index (χ4n) is 4.01. The van der Waals surface area contributed by atoms with Gasteiger partial charge >= 0.3 is 11.9 Å². The summed E-state index contributed by atoms with van der Waals surface area (Å²) in [5.41, 5.74) is 7.55. The van der Waals surface area contributed by atoms with E-state index in [9.17, 15) is 9.59 Å². The van der Waals surface area contributed by atoms with Crippen molar-refractivity contribution in [1.82, 2.24) is 9.88 Å². The SMILES string of the molecule is CCCN1CCc2cccc3c2C1Cc1c[nH]cc1-3.O=C(O)/C=C\C(=O)O. The van der Waals surface area contributed by atoms with Gasteiger partial charge in [-0.1, -0.05) is 25.1 Å². The molecule has 1 aliphatic carbocycles. The second kappa shape index (κ2) is 8.22. The Balaban J connectivity index is 0.000000226. The number of benzene rings is 1. The van der Waals surface area contributed by atoms with Crippen LogP contribution >= 0.6 is 0 Å². The lowest BCUT2D eigenvalue weighted by atomic mass is 9.78. The summed E-state index contributed by atoms with van der Waals surface area (Å²) in [6, 6.07) is 7.45. The summed E-state index contributed by atoms with van der Waals surface area (Å²) in [6.45, 7) is 4.72. The number of aliphatic carboxylic acids is 2. The van der Waals surface area contributed by atoms with Crippen LogP contribution in [-0.2, 0) is 22.4 Å². The lowest BCUT2D eigenvalue weighted by molar-refractivity contribution is -0.134. The minimum atomic E-state index is -1.26. The van der Waals surface area contributed by atoms with Gasteiger partial charge in [-0.15, -0.1) is 0 Å². The molecule has 0 radical (unpaired) electrons. The molecule has 0 bridgehead atoms. The number of rotatable bonds is 4. The van der Waals surface area contributed by atoms with Gasteiger partial charge < -0.3 is 15.2 Å². The van der Waals surface area contributed by atoms with Crippen LogP contribution in [0.3, 0.4) is 0 Å². The second-order valence-electron chi connectivity index (χ2n) is 6.79. The van der Waals surface area contributed by atoms with Gasteiger partial charge in [-0.2, -0.15) is 0 Å². The average Bonchev–Trinajstić information content (AvgIpc) is 3.12. The molecule has 4 rings (SSSR count). The Kier molecular flexibility index (Phi) is 5.76. The van der Waals surface area contributed by atoms with Crippen molar-refractivity contribution in [2.45, 2.75) is 32.2 Å². The second-order valence-corrected chi connectivity index (χ2v) is 6.79. The molecule has 0 amide bonds. The van der Waals surface area contributed by atoms with Gasteiger partial charge in [-0.25, -0.2) is 9.59 Å². The van der Waals surface area contributed by atoms with Crippen LogP contribution in [0.4, 0.5) is 0 Å². The van der Waals surface area contributed by atoms with E-state index in [1.807, 2.05) is 0 Å². The number of carboxylic acids is 2. The highest BCUT2D eigenvalue weighted by Gasteiger charge is 2.33. The van der Waals surface area contributed by atoms with Crippen LogP contribution in [0.1, 0.15) is 36.1 Å². The maximum atomic E-state index is 9.55. The molecule has 0 fully saturated rings. The van der Waals surface area contributed by atoms with Gasteiger partial charge in [0.05, 0.1) is 0 Å². The molecule has 0 spiro atoms. The van der Waals surface area contributed by atoms with E-state index in [1.54, 1.807) is 11.1 Å².